The van der Waals surface area contributed by atoms with Gasteiger partial charge in [-0.15, -0.1) is 0 Å². The smallest absolute Gasteiger partial charge is 0.328 e. The van der Waals surface area contributed by atoms with E-state index in [4.69, 9.17) is 5.11 Å². The number of benzene rings is 1. The Kier molecular flexibility index (Phi) is 2.48. The largest absolute Gasteiger partial charge is 0.478 e. The van der Waals surface area contributed by atoms with E-state index in [1.54, 1.807) is 0 Å². The highest BCUT2D eigenvalue weighted by atomic mass is 16.4. The zero-order valence-corrected chi connectivity index (χ0v) is 9.11. The summed E-state index contributed by atoms with van der Waals surface area (Å²) in [6, 6.07) is 4.00. The van der Waals surface area contributed by atoms with Gasteiger partial charge in [0.25, 0.3) is 0 Å². The van der Waals surface area contributed by atoms with Crippen molar-refractivity contribution in [3.8, 4) is 0 Å². The van der Waals surface area contributed by atoms with E-state index in [0.29, 0.717) is 5.82 Å². The lowest BCUT2D eigenvalue weighted by Crippen LogP contribution is -1.86. The van der Waals surface area contributed by atoms with Gasteiger partial charge >= 0.3 is 5.97 Å². The molecule has 2 rings (SSSR count). The highest BCUT2D eigenvalue weighted by Crippen LogP contribution is 2.17. The maximum absolute atomic E-state index is 10.4. The summed E-state index contributed by atoms with van der Waals surface area (Å²) in [4.78, 5) is 17.7. The maximum Gasteiger partial charge on any atom is 0.328 e. The van der Waals surface area contributed by atoms with Crippen molar-refractivity contribution >= 4 is 23.1 Å². The number of hydrogen-bond donors (Lipinski definition) is 2. The van der Waals surface area contributed by atoms with Crippen LogP contribution in [0.3, 0.4) is 0 Å². The molecular formula is C12H12N2O2. The van der Waals surface area contributed by atoms with Crippen molar-refractivity contribution in [2.45, 2.75) is 13.8 Å². The molecular weight excluding hydrogens is 204 g/mol. The Hall–Kier alpha value is -2.10. The van der Waals surface area contributed by atoms with Crippen molar-refractivity contribution in [2.24, 2.45) is 0 Å². The second-order valence-electron chi connectivity index (χ2n) is 3.75. The molecule has 1 heterocycles. The van der Waals surface area contributed by atoms with Crippen molar-refractivity contribution in [3.63, 3.8) is 0 Å². The molecule has 1 aromatic heterocycles. The zero-order chi connectivity index (χ0) is 11.7. The van der Waals surface area contributed by atoms with Crippen LogP contribution in [0.15, 0.2) is 18.2 Å². The standard InChI is InChI=1S/C12H12N2O2/c1-7-5-9-10(6-8(7)2)14-11(13-9)3-4-12(15)16/h3-6H,1-2H3,(H,13,14)(H,15,16)/b4-3+. The van der Waals surface area contributed by atoms with Crippen molar-refractivity contribution < 1.29 is 9.90 Å². The Bertz CT molecular complexity index is 543. The molecule has 0 atom stereocenters. The van der Waals surface area contributed by atoms with Crippen LogP contribution >= 0.6 is 0 Å². The number of carboxylic acid groups (broad SMARTS) is 1. The number of aromatic amines is 1. The summed E-state index contributed by atoms with van der Waals surface area (Å²) in [6.45, 7) is 4.05. The number of carbonyl (C=O) groups is 1. The molecule has 0 radical (unpaired) electrons. The fourth-order valence-corrected chi connectivity index (χ4v) is 1.52. The van der Waals surface area contributed by atoms with Gasteiger partial charge in [-0.1, -0.05) is 0 Å². The third-order valence-electron chi connectivity index (χ3n) is 2.50. The topological polar surface area (TPSA) is 66.0 Å². The number of imidazole rings is 1. The highest BCUT2D eigenvalue weighted by molar-refractivity contribution is 5.86. The van der Waals surface area contributed by atoms with Gasteiger partial charge in [0.15, 0.2) is 0 Å². The third kappa shape index (κ3) is 1.95. The van der Waals surface area contributed by atoms with E-state index in [1.165, 1.54) is 17.2 Å². The van der Waals surface area contributed by atoms with Crippen LogP contribution in [0.2, 0.25) is 0 Å². The Labute approximate surface area is 92.6 Å². The van der Waals surface area contributed by atoms with E-state index in [-0.39, 0.29) is 0 Å². The molecule has 0 aliphatic heterocycles. The molecule has 2 N–H and O–H groups in total. The third-order valence-corrected chi connectivity index (χ3v) is 2.50. The summed E-state index contributed by atoms with van der Waals surface area (Å²) in [5, 5.41) is 8.51. The second-order valence-corrected chi connectivity index (χ2v) is 3.75. The van der Waals surface area contributed by atoms with Gasteiger partial charge in [-0.25, -0.2) is 9.78 Å². The van der Waals surface area contributed by atoms with Gasteiger partial charge < -0.3 is 10.1 Å². The van der Waals surface area contributed by atoms with E-state index in [1.807, 2.05) is 26.0 Å². The average Bonchev–Trinajstić information content (AvgIpc) is 2.58. The van der Waals surface area contributed by atoms with E-state index in [0.717, 1.165) is 17.1 Å². The van der Waals surface area contributed by atoms with Crippen LogP contribution < -0.4 is 0 Å². The molecule has 0 amide bonds. The maximum atomic E-state index is 10.4. The summed E-state index contributed by atoms with van der Waals surface area (Å²) in [5.74, 6) is -0.421. The number of H-pyrrole nitrogens is 1. The average molecular weight is 216 g/mol. The van der Waals surface area contributed by atoms with E-state index in [2.05, 4.69) is 9.97 Å². The van der Waals surface area contributed by atoms with Gasteiger partial charge in [0, 0.05) is 6.08 Å². The van der Waals surface area contributed by atoms with Crippen molar-refractivity contribution in [2.75, 3.05) is 0 Å². The summed E-state index contributed by atoms with van der Waals surface area (Å²) in [7, 11) is 0. The Morgan fingerprint density at radius 1 is 1.38 bits per heavy atom. The molecule has 4 nitrogen and oxygen atoms in total. The van der Waals surface area contributed by atoms with Gasteiger partial charge in [-0.3, -0.25) is 0 Å². The molecule has 82 valence electrons. The quantitative estimate of drug-likeness (QED) is 0.757. The summed E-state index contributed by atoms with van der Waals surface area (Å²) in [6.07, 6.45) is 2.52. The van der Waals surface area contributed by atoms with Crippen molar-refractivity contribution in [1.82, 2.24) is 9.97 Å². The number of aromatic nitrogens is 2. The molecule has 0 spiro atoms. The molecule has 0 bridgehead atoms. The normalized spacial score (nSPS) is 11.4. The first-order valence-electron chi connectivity index (χ1n) is 4.94. The first-order chi connectivity index (χ1) is 7.56. The number of carboxylic acids is 1. The number of aliphatic carboxylic acids is 1. The van der Waals surface area contributed by atoms with Gasteiger partial charge in [0.1, 0.15) is 5.82 Å². The minimum Gasteiger partial charge on any atom is -0.478 e. The van der Waals surface area contributed by atoms with Crippen LogP contribution in [0.4, 0.5) is 0 Å². The van der Waals surface area contributed by atoms with E-state index in [9.17, 15) is 4.79 Å². The van der Waals surface area contributed by atoms with Crippen LogP contribution in [0.25, 0.3) is 17.1 Å². The number of rotatable bonds is 2. The molecule has 0 aliphatic carbocycles. The minimum atomic E-state index is -0.979. The molecule has 0 aliphatic rings. The van der Waals surface area contributed by atoms with Crippen LogP contribution in [-0.4, -0.2) is 21.0 Å². The van der Waals surface area contributed by atoms with Crippen LogP contribution in [-0.2, 0) is 4.79 Å². The monoisotopic (exact) mass is 216 g/mol. The SMILES string of the molecule is Cc1cc2nc(/C=C/C(=O)O)[nH]c2cc1C. The predicted molar refractivity (Wildman–Crippen MR) is 62.2 cm³/mol. The van der Waals surface area contributed by atoms with Gasteiger partial charge in [0.05, 0.1) is 11.0 Å². The Balaban J connectivity index is 2.48. The fraction of sp³-hybridized carbons (Fsp3) is 0.167. The number of nitrogens with one attached hydrogen (secondary N) is 1. The number of nitrogens with zero attached hydrogens (tertiary/aromatic N) is 1. The number of aryl methyl sites for hydroxylation is 2. The molecule has 0 saturated heterocycles. The van der Waals surface area contributed by atoms with E-state index < -0.39 is 5.97 Å². The Morgan fingerprint density at radius 2 is 2.06 bits per heavy atom. The fourth-order valence-electron chi connectivity index (χ4n) is 1.52. The lowest BCUT2D eigenvalue weighted by atomic mass is 10.1. The van der Waals surface area contributed by atoms with Crippen molar-refractivity contribution in [1.29, 1.82) is 0 Å². The van der Waals surface area contributed by atoms with Crippen LogP contribution in [0, 0.1) is 13.8 Å². The first kappa shape index (κ1) is 10.4. The minimum absolute atomic E-state index is 0.558. The van der Waals surface area contributed by atoms with Crippen LogP contribution in [0.5, 0.6) is 0 Å². The second kappa shape index (κ2) is 3.81. The lowest BCUT2D eigenvalue weighted by molar-refractivity contribution is -0.131. The van der Waals surface area contributed by atoms with Gasteiger partial charge in [-0.2, -0.15) is 0 Å². The number of fused-ring (bicyclic) bond motifs is 1. The molecule has 16 heavy (non-hydrogen) atoms. The number of hydrogen-bond acceptors (Lipinski definition) is 2. The molecule has 0 fully saturated rings. The summed E-state index contributed by atoms with van der Waals surface area (Å²) in [5.41, 5.74) is 4.14. The Morgan fingerprint density at radius 3 is 2.75 bits per heavy atom. The summed E-state index contributed by atoms with van der Waals surface area (Å²) >= 11 is 0. The first-order valence-corrected chi connectivity index (χ1v) is 4.94. The van der Waals surface area contributed by atoms with Crippen LogP contribution in [0.1, 0.15) is 17.0 Å². The molecule has 2 aromatic rings. The molecule has 0 unspecified atom stereocenters. The molecule has 0 saturated carbocycles. The zero-order valence-electron chi connectivity index (χ0n) is 9.11. The highest BCUT2D eigenvalue weighted by Gasteiger charge is 2.02. The predicted octanol–water partition coefficient (Wildman–Crippen LogP) is 2.28. The lowest BCUT2D eigenvalue weighted by Gasteiger charge is -1.97. The van der Waals surface area contributed by atoms with Crippen molar-refractivity contribution in [3.05, 3.63) is 35.2 Å². The molecule has 1 aromatic carbocycles. The van der Waals surface area contributed by atoms with Gasteiger partial charge in [0.2, 0.25) is 0 Å². The van der Waals surface area contributed by atoms with Gasteiger partial charge in [-0.05, 0) is 43.2 Å². The molecule has 4 heteroatoms. The summed E-state index contributed by atoms with van der Waals surface area (Å²) < 4.78 is 0. The van der Waals surface area contributed by atoms with E-state index >= 15 is 0 Å².